The Balaban J connectivity index is 1.71. The van der Waals surface area contributed by atoms with E-state index >= 15 is 0 Å². The van der Waals surface area contributed by atoms with Gasteiger partial charge in [-0.15, -0.1) is 0 Å². The van der Waals surface area contributed by atoms with Crippen molar-refractivity contribution < 1.29 is 4.79 Å². The number of halogens is 2. The molecule has 0 saturated carbocycles. The number of carbonyl (C=O) groups excluding carboxylic acids is 1. The van der Waals surface area contributed by atoms with Crippen molar-refractivity contribution in [3.8, 4) is 0 Å². The second-order valence-corrected chi connectivity index (χ2v) is 6.50. The van der Waals surface area contributed by atoms with Crippen LogP contribution in [-0.2, 0) is 6.42 Å². The summed E-state index contributed by atoms with van der Waals surface area (Å²) in [6.07, 6.45) is 1.53. The fourth-order valence-electron chi connectivity index (χ4n) is 2.84. The Labute approximate surface area is 140 Å². The molecule has 0 bridgehead atoms. The summed E-state index contributed by atoms with van der Waals surface area (Å²) < 4.78 is 0. The standard InChI is InChI=1S/C18H17Cl2NO/c19-15-5-6-16(17(20)10-15)18(22)9-12-1-3-13(4-2-12)14-7-8-21-11-14/h1-6,10,14,21H,7-9,11H2. The Morgan fingerprint density at radius 1 is 1.14 bits per heavy atom. The minimum Gasteiger partial charge on any atom is -0.316 e. The molecule has 4 heteroatoms. The van der Waals surface area contributed by atoms with Crippen molar-refractivity contribution in [2.75, 3.05) is 13.1 Å². The topological polar surface area (TPSA) is 29.1 Å². The molecule has 0 spiro atoms. The van der Waals surface area contributed by atoms with Crippen LogP contribution >= 0.6 is 23.2 Å². The predicted octanol–water partition coefficient (Wildman–Crippen LogP) is 4.50. The second kappa shape index (κ2) is 6.82. The quantitative estimate of drug-likeness (QED) is 0.835. The van der Waals surface area contributed by atoms with Crippen molar-refractivity contribution in [3.05, 3.63) is 69.2 Å². The summed E-state index contributed by atoms with van der Waals surface area (Å²) in [4.78, 5) is 12.3. The summed E-state index contributed by atoms with van der Waals surface area (Å²) in [5, 5.41) is 4.32. The van der Waals surface area contributed by atoms with Crippen LogP contribution < -0.4 is 5.32 Å². The highest BCUT2D eigenvalue weighted by Crippen LogP contribution is 2.24. The van der Waals surface area contributed by atoms with E-state index in [2.05, 4.69) is 17.4 Å². The summed E-state index contributed by atoms with van der Waals surface area (Å²) in [5.41, 5.74) is 2.87. The second-order valence-electron chi connectivity index (χ2n) is 5.66. The molecule has 1 atom stereocenters. The normalized spacial score (nSPS) is 17.6. The largest absolute Gasteiger partial charge is 0.316 e. The van der Waals surface area contributed by atoms with Crippen LogP contribution in [0.5, 0.6) is 0 Å². The van der Waals surface area contributed by atoms with Gasteiger partial charge >= 0.3 is 0 Å². The van der Waals surface area contributed by atoms with Crippen LogP contribution in [0.25, 0.3) is 0 Å². The lowest BCUT2D eigenvalue weighted by atomic mass is 9.95. The van der Waals surface area contributed by atoms with Gasteiger partial charge in [-0.25, -0.2) is 0 Å². The number of hydrogen-bond donors (Lipinski definition) is 1. The molecule has 2 nitrogen and oxygen atoms in total. The van der Waals surface area contributed by atoms with Crippen LogP contribution in [-0.4, -0.2) is 18.9 Å². The first-order chi connectivity index (χ1) is 10.6. The van der Waals surface area contributed by atoms with E-state index in [0.717, 1.165) is 18.7 Å². The molecule has 2 aromatic carbocycles. The molecule has 0 radical (unpaired) electrons. The molecule has 22 heavy (non-hydrogen) atoms. The molecule has 114 valence electrons. The van der Waals surface area contributed by atoms with Crippen molar-refractivity contribution in [1.29, 1.82) is 0 Å². The zero-order chi connectivity index (χ0) is 15.5. The molecule has 1 aliphatic heterocycles. The van der Waals surface area contributed by atoms with E-state index in [1.807, 2.05) is 12.1 Å². The highest BCUT2D eigenvalue weighted by atomic mass is 35.5. The zero-order valence-corrected chi connectivity index (χ0v) is 13.6. The molecule has 1 fully saturated rings. The van der Waals surface area contributed by atoms with E-state index in [1.54, 1.807) is 18.2 Å². The van der Waals surface area contributed by atoms with Gasteiger partial charge in [-0.1, -0.05) is 47.5 Å². The van der Waals surface area contributed by atoms with Crippen molar-refractivity contribution in [2.24, 2.45) is 0 Å². The van der Waals surface area contributed by atoms with Gasteiger partial charge in [-0.2, -0.15) is 0 Å². The number of benzene rings is 2. The average molecular weight is 334 g/mol. The van der Waals surface area contributed by atoms with Gasteiger partial charge in [0.25, 0.3) is 0 Å². The fraction of sp³-hybridized carbons (Fsp3) is 0.278. The van der Waals surface area contributed by atoms with Crippen molar-refractivity contribution in [1.82, 2.24) is 5.32 Å². The SMILES string of the molecule is O=C(Cc1ccc(C2CCNC2)cc1)c1ccc(Cl)cc1Cl. The van der Waals surface area contributed by atoms with Crippen molar-refractivity contribution >= 4 is 29.0 Å². The highest BCUT2D eigenvalue weighted by Gasteiger charge is 2.17. The third-order valence-electron chi connectivity index (χ3n) is 4.11. The lowest BCUT2D eigenvalue weighted by molar-refractivity contribution is 0.0993. The van der Waals surface area contributed by atoms with E-state index < -0.39 is 0 Å². The Bertz CT molecular complexity index is 676. The number of nitrogens with one attached hydrogen (secondary N) is 1. The summed E-state index contributed by atoms with van der Waals surface area (Å²) in [7, 11) is 0. The Kier molecular flexibility index (Phi) is 4.82. The van der Waals surface area contributed by atoms with Crippen LogP contribution in [0.1, 0.15) is 33.8 Å². The van der Waals surface area contributed by atoms with Gasteiger partial charge < -0.3 is 5.32 Å². The minimum absolute atomic E-state index is 0.0111. The molecule has 1 saturated heterocycles. The summed E-state index contributed by atoms with van der Waals surface area (Å²) in [6, 6.07) is 13.3. The van der Waals surface area contributed by atoms with E-state index in [9.17, 15) is 4.79 Å². The molecule has 1 heterocycles. The van der Waals surface area contributed by atoms with Gasteiger partial charge in [-0.3, -0.25) is 4.79 Å². The van der Waals surface area contributed by atoms with E-state index in [4.69, 9.17) is 23.2 Å². The molecule has 1 aliphatic rings. The first kappa shape index (κ1) is 15.5. The number of rotatable bonds is 4. The lowest BCUT2D eigenvalue weighted by Gasteiger charge is -2.10. The molecule has 2 aromatic rings. The van der Waals surface area contributed by atoms with Crippen LogP contribution in [0.2, 0.25) is 10.0 Å². The maximum Gasteiger partial charge on any atom is 0.168 e. The zero-order valence-electron chi connectivity index (χ0n) is 12.1. The Morgan fingerprint density at radius 3 is 2.55 bits per heavy atom. The summed E-state index contributed by atoms with van der Waals surface area (Å²) in [6.45, 7) is 2.12. The van der Waals surface area contributed by atoms with Gasteiger partial charge in [0, 0.05) is 23.6 Å². The summed E-state index contributed by atoms with van der Waals surface area (Å²) in [5.74, 6) is 0.604. The molecule has 0 amide bonds. The molecule has 0 aliphatic carbocycles. The molecular formula is C18H17Cl2NO. The smallest absolute Gasteiger partial charge is 0.168 e. The first-order valence-corrected chi connectivity index (χ1v) is 8.17. The monoisotopic (exact) mass is 333 g/mol. The van der Waals surface area contributed by atoms with Crippen LogP contribution in [0, 0.1) is 0 Å². The Morgan fingerprint density at radius 2 is 1.91 bits per heavy atom. The van der Waals surface area contributed by atoms with Crippen LogP contribution in [0.4, 0.5) is 0 Å². The summed E-state index contributed by atoms with van der Waals surface area (Å²) >= 11 is 12.0. The number of Topliss-reactive ketones (excluding diaryl/α,β-unsaturated/α-hetero) is 1. The maximum absolute atomic E-state index is 12.3. The van der Waals surface area contributed by atoms with Gasteiger partial charge in [-0.05, 0) is 48.2 Å². The van der Waals surface area contributed by atoms with E-state index in [0.29, 0.717) is 27.9 Å². The fourth-order valence-corrected chi connectivity index (χ4v) is 3.36. The number of hydrogen-bond acceptors (Lipinski definition) is 2. The lowest BCUT2D eigenvalue weighted by Crippen LogP contribution is -2.08. The number of ketones is 1. The maximum atomic E-state index is 12.3. The van der Waals surface area contributed by atoms with Crippen LogP contribution in [0.3, 0.4) is 0 Å². The molecule has 0 aromatic heterocycles. The third-order valence-corrected chi connectivity index (χ3v) is 4.66. The van der Waals surface area contributed by atoms with Gasteiger partial charge in [0.15, 0.2) is 5.78 Å². The molecule has 1 unspecified atom stereocenters. The predicted molar refractivity (Wildman–Crippen MR) is 91.2 cm³/mol. The average Bonchev–Trinajstić information content (AvgIpc) is 3.02. The molecule has 1 N–H and O–H groups in total. The van der Waals surface area contributed by atoms with Crippen molar-refractivity contribution in [2.45, 2.75) is 18.8 Å². The highest BCUT2D eigenvalue weighted by molar-refractivity contribution is 6.36. The van der Waals surface area contributed by atoms with Gasteiger partial charge in [0.2, 0.25) is 0 Å². The van der Waals surface area contributed by atoms with Crippen LogP contribution in [0.15, 0.2) is 42.5 Å². The van der Waals surface area contributed by atoms with E-state index in [1.165, 1.54) is 12.0 Å². The van der Waals surface area contributed by atoms with Crippen molar-refractivity contribution in [3.63, 3.8) is 0 Å². The van der Waals surface area contributed by atoms with E-state index in [-0.39, 0.29) is 5.78 Å². The molecule has 3 rings (SSSR count). The van der Waals surface area contributed by atoms with Gasteiger partial charge in [0.1, 0.15) is 0 Å². The third kappa shape index (κ3) is 3.52. The Hall–Kier alpha value is -1.35. The molecular weight excluding hydrogens is 317 g/mol. The first-order valence-electron chi connectivity index (χ1n) is 7.41. The number of carbonyl (C=O) groups is 1. The minimum atomic E-state index is 0.0111. The van der Waals surface area contributed by atoms with Gasteiger partial charge in [0.05, 0.1) is 5.02 Å².